The van der Waals surface area contributed by atoms with E-state index in [-0.39, 0.29) is 5.91 Å². The van der Waals surface area contributed by atoms with Crippen LogP contribution in [0.15, 0.2) is 48.5 Å². The van der Waals surface area contributed by atoms with Crippen molar-refractivity contribution in [2.45, 2.75) is 0 Å². The van der Waals surface area contributed by atoms with Gasteiger partial charge in [-0.1, -0.05) is 24.3 Å². The molecule has 79 valence electrons. The number of amides is 1. The minimum atomic E-state index is -0.174. The van der Waals surface area contributed by atoms with Gasteiger partial charge in [-0.25, -0.2) is 0 Å². The van der Waals surface area contributed by atoms with E-state index in [0.717, 1.165) is 0 Å². The summed E-state index contributed by atoms with van der Waals surface area (Å²) in [5, 5.41) is 2.75. The van der Waals surface area contributed by atoms with Gasteiger partial charge in [0.25, 0.3) is 5.91 Å². The second kappa shape index (κ2) is 4.49. The summed E-state index contributed by atoms with van der Waals surface area (Å²) in [4.78, 5) is 11.8. The number of hydrogen-bond donors (Lipinski definition) is 2. The average molecular weight is 211 g/mol. The molecular formula is C13H11N2O. The van der Waals surface area contributed by atoms with Crippen molar-refractivity contribution in [2.75, 3.05) is 11.1 Å². The smallest absolute Gasteiger partial charge is 0.255 e. The zero-order valence-corrected chi connectivity index (χ0v) is 8.60. The van der Waals surface area contributed by atoms with Crippen molar-refractivity contribution in [2.24, 2.45) is 0 Å². The molecule has 0 aromatic heterocycles. The Morgan fingerprint density at radius 3 is 2.50 bits per heavy atom. The van der Waals surface area contributed by atoms with Gasteiger partial charge in [0, 0.05) is 5.56 Å². The Labute approximate surface area is 93.9 Å². The van der Waals surface area contributed by atoms with E-state index in [9.17, 15) is 4.79 Å². The lowest BCUT2D eigenvalue weighted by molar-refractivity contribution is 0.102. The molecule has 0 heterocycles. The third-order valence-electron chi connectivity index (χ3n) is 2.19. The standard InChI is InChI=1S/C13H11N2O/c14-11-8-4-5-9-12(11)15-13(16)10-6-2-1-3-7-10/h2-9H,14H2,(H,15,16). The number of nitrogen functional groups attached to an aromatic ring is 1. The molecule has 2 rings (SSSR count). The lowest BCUT2D eigenvalue weighted by Crippen LogP contribution is -2.12. The van der Waals surface area contributed by atoms with Crippen LogP contribution in [-0.2, 0) is 0 Å². The number of rotatable bonds is 2. The third-order valence-corrected chi connectivity index (χ3v) is 2.19. The van der Waals surface area contributed by atoms with Gasteiger partial charge < -0.3 is 11.1 Å². The molecule has 3 N–H and O–H groups in total. The topological polar surface area (TPSA) is 55.1 Å². The monoisotopic (exact) mass is 211 g/mol. The molecule has 0 fully saturated rings. The number of hydrogen-bond acceptors (Lipinski definition) is 2. The van der Waals surface area contributed by atoms with Crippen molar-refractivity contribution in [3.63, 3.8) is 0 Å². The van der Waals surface area contributed by atoms with Gasteiger partial charge in [0.15, 0.2) is 0 Å². The highest BCUT2D eigenvalue weighted by Gasteiger charge is 2.06. The molecule has 1 amide bonds. The number of carbonyl (C=O) groups is 1. The number of nitrogens with two attached hydrogens (primary N) is 1. The van der Waals surface area contributed by atoms with Gasteiger partial charge in [-0.3, -0.25) is 4.79 Å². The second-order valence-corrected chi connectivity index (χ2v) is 3.33. The van der Waals surface area contributed by atoms with Crippen LogP contribution in [0.5, 0.6) is 0 Å². The maximum absolute atomic E-state index is 11.8. The summed E-state index contributed by atoms with van der Waals surface area (Å²) < 4.78 is 0. The molecule has 0 aliphatic rings. The molecule has 3 nitrogen and oxygen atoms in total. The fourth-order valence-electron chi connectivity index (χ4n) is 1.34. The Balaban J connectivity index is 2.18. The minimum Gasteiger partial charge on any atom is -0.397 e. The predicted octanol–water partition coefficient (Wildman–Crippen LogP) is 2.32. The van der Waals surface area contributed by atoms with Crippen LogP contribution in [0.2, 0.25) is 0 Å². The Morgan fingerprint density at radius 1 is 1.12 bits per heavy atom. The molecule has 3 heteroatoms. The number of para-hydroxylation sites is 2. The van der Waals surface area contributed by atoms with Crippen LogP contribution in [0.25, 0.3) is 0 Å². The largest absolute Gasteiger partial charge is 0.397 e. The normalized spacial score (nSPS) is 9.75. The van der Waals surface area contributed by atoms with Crippen molar-refractivity contribution in [3.8, 4) is 0 Å². The zero-order valence-electron chi connectivity index (χ0n) is 8.60. The van der Waals surface area contributed by atoms with E-state index < -0.39 is 0 Å². The molecule has 0 saturated heterocycles. The van der Waals surface area contributed by atoms with Crippen molar-refractivity contribution in [3.05, 3.63) is 60.2 Å². The Kier molecular flexibility index (Phi) is 2.87. The van der Waals surface area contributed by atoms with Gasteiger partial charge in [0.1, 0.15) is 0 Å². The first-order chi connectivity index (χ1) is 7.77. The SMILES string of the molecule is Nc1ccccc1NC(=O)c1cc[c]cc1. The van der Waals surface area contributed by atoms with Crippen molar-refractivity contribution >= 4 is 17.3 Å². The van der Waals surface area contributed by atoms with Gasteiger partial charge in [0.2, 0.25) is 0 Å². The number of anilines is 2. The van der Waals surface area contributed by atoms with E-state index in [1.807, 2.05) is 12.1 Å². The Hall–Kier alpha value is -2.29. The molecule has 0 unspecified atom stereocenters. The molecule has 0 bridgehead atoms. The maximum Gasteiger partial charge on any atom is 0.255 e. The van der Waals surface area contributed by atoms with Gasteiger partial charge in [-0.2, -0.15) is 0 Å². The molecule has 1 radical (unpaired) electrons. The zero-order chi connectivity index (χ0) is 11.4. The first kappa shape index (κ1) is 10.2. The number of nitrogens with one attached hydrogen (secondary N) is 1. The molecule has 16 heavy (non-hydrogen) atoms. The Bertz CT molecular complexity index is 494. The highest BCUT2D eigenvalue weighted by molar-refractivity contribution is 6.05. The molecule has 0 spiro atoms. The van der Waals surface area contributed by atoms with E-state index in [2.05, 4.69) is 11.4 Å². The molecule has 0 aliphatic heterocycles. The molecule has 0 aliphatic carbocycles. The van der Waals surface area contributed by atoms with Crippen LogP contribution < -0.4 is 11.1 Å². The molecule has 0 saturated carbocycles. The first-order valence-electron chi connectivity index (χ1n) is 4.89. The molecule has 0 atom stereocenters. The second-order valence-electron chi connectivity index (χ2n) is 3.33. The summed E-state index contributed by atoms with van der Waals surface area (Å²) in [7, 11) is 0. The van der Waals surface area contributed by atoms with E-state index in [4.69, 9.17) is 5.73 Å². The highest BCUT2D eigenvalue weighted by Crippen LogP contribution is 2.17. The van der Waals surface area contributed by atoms with Crippen LogP contribution in [0, 0.1) is 6.07 Å². The van der Waals surface area contributed by atoms with Crippen molar-refractivity contribution < 1.29 is 4.79 Å². The van der Waals surface area contributed by atoms with Crippen molar-refractivity contribution in [1.29, 1.82) is 0 Å². The van der Waals surface area contributed by atoms with Crippen LogP contribution in [0.4, 0.5) is 11.4 Å². The summed E-state index contributed by atoms with van der Waals surface area (Å²) in [6.07, 6.45) is 0. The fourth-order valence-corrected chi connectivity index (χ4v) is 1.34. The summed E-state index contributed by atoms with van der Waals surface area (Å²) in [5.41, 5.74) is 7.49. The van der Waals surface area contributed by atoms with E-state index in [1.165, 1.54) is 0 Å². The summed E-state index contributed by atoms with van der Waals surface area (Å²) >= 11 is 0. The van der Waals surface area contributed by atoms with Gasteiger partial charge in [0.05, 0.1) is 11.4 Å². The van der Waals surface area contributed by atoms with Crippen LogP contribution in [0.1, 0.15) is 10.4 Å². The minimum absolute atomic E-state index is 0.174. The van der Waals surface area contributed by atoms with E-state index >= 15 is 0 Å². The molecule has 2 aromatic carbocycles. The lowest BCUT2D eigenvalue weighted by Gasteiger charge is -2.07. The maximum atomic E-state index is 11.8. The van der Waals surface area contributed by atoms with Gasteiger partial charge in [-0.15, -0.1) is 0 Å². The Morgan fingerprint density at radius 2 is 1.81 bits per heavy atom. The van der Waals surface area contributed by atoms with Crippen LogP contribution in [0.3, 0.4) is 0 Å². The number of benzene rings is 2. The van der Waals surface area contributed by atoms with Crippen LogP contribution >= 0.6 is 0 Å². The van der Waals surface area contributed by atoms with Gasteiger partial charge >= 0.3 is 0 Å². The van der Waals surface area contributed by atoms with E-state index in [1.54, 1.807) is 36.4 Å². The average Bonchev–Trinajstić information content (AvgIpc) is 2.33. The summed E-state index contributed by atoms with van der Waals surface area (Å²) in [5.74, 6) is -0.174. The van der Waals surface area contributed by atoms with Crippen LogP contribution in [-0.4, -0.2) is 5.91 Å². The van der Waals surface area contributed by atoms with E-state index in [0.29, 0.717) is 16.9 Å². The summed E-state index contributed by atoms with van der Waals surface area (Å²) in [6.45, 7) is 0. The predicted molar refractivity (Wildman–Crippen MR) is 64.1 cm³/mol. The number of carbonyl (C=O) groups excluding carboxylic acids is 1. The highest BCUT2D eigenvalue weighted by atomic mass is 16.1. The fraction of sp³-hybridized carbons (Fsp3) is 0. The molecule has 2 aromatic rings. The van der Waals surface area contributed by atoms with Gasteiger partial charge in [-0.05, 0) is 30.3 Å². The molecular weight excluding hydrogens is 200 g/mol. The van der Waals surface area contributed by atoms with Crippen molar-refractivity contribution in [1.82, 2.24) is 0 Å². The third kappa shape index (κ3) is 2.20. The summed E-state index contributed by atoms with van der Waals surface area (Å²) in [6, 6.07) is 16.8. The first-order valence-corrected chi connectivity index (χ1v) is 4.89. The quantitative estimate of drug-likeness (QED) is 0.749. The lowest BCUT2D eigenvalue weighted by atomic mass is 10.2.